The summed E-state index contributed by atoms with van der Waals surface area (Å²) in [6, 6.07) is 0. The highest BCUT2D eigenvalue weighted by Gasteiger charge is 2.68. The second kappa shape index (κ2) is 1.93. The van der Waals surface area contributed by atoms with Crippen LogP contribution in [0.3, 0.4) is 0 Å². The number of hydrogen-bond donors (Lipinski definition) is 1. The first-order valence-corrected chi connectivity index (χ1v) is 4.72. The van der Waals surface area contributed by atoms with Gasteiger partial charge in [-0.25, -0.2) is 0 Å². The van der Waals surface area contributed by atoms with Crippen molar-refractivity contribution in [3.63, 3.8) is 0 Å². The standard InChI is InChI=1S/C10H11NO3/c1-9-3-4-10(2,14-9)6-5(9)7(12)11-8(6)13/h3-6H,1-2H3,(H,11,12,13)/t5-,6-,9+,10+/m0/s1. The third kappa shape index (κ3) is 0.661. The van der Waals surface area contributed by atoms with E-state index >= 15 is 0 Å². The van der Waals surface area contributed by atoms with E-state index in [0.29, 0.717) is 0 Å². The van der Waals surface area contributed by atoms with Crippen LogP contribution in [0.5, 0.6) is 0 Å². The minimum absolute atomic E-state index is 0.199. The molecule has 0 aliphatic carbocycles. The summed E-state index contributed by atoms with van der Waals surface area (Å²) in [6.07, 6.45) is 3.79. The molecule has 1 N–H and O–H groups in total. The van der Waals surface area contributed by atoms with Crippen molar-refractivity contribution < 1.29 is 14.3 Å². The Bertz CT molecular complexity index is 355. The van der Waals surface area contributed by atoms with Crippen molar-refractivity contribution in [3.8, 4) is 0 Å². The van der Waals surface area contributed by atoms with Crippen LogP contribution in [0.25, 0.3) is 0 Å². The lowest BCUT2D eigenvalue weighted by Gasteiger charge is -2.22. The Balaban J connectivity index is 2.18. The molecule has 3 aliphatic rings. The zero-order valence-electron chi connectivity index (χ0n) is 8.03. The lowest BCUT2D eigenvalue weighted by atomic mass is 9.73. The first-order valence-electron chi connectivity index (χ1n) is 4.72. The molecule has 0 aromatic carbocycles. The van der Waals surface area contributed by atoms with Crippen molar-refractivity contribution >= 4 is 11.8 Å². The predicted molar refractivity (Wildman–Crippen MR) is 47.2 cm³/mol. The summed E-state index contributed by atoms with van der Waals surface area (Å²) in [5.41, 5.74) is -1.18. The van der Waals surface area contributed by atoms with Gasteiger partial charge < -0.3 is 4.74 Å². The molecule has 0 spiro atoms. The lowest BCUT2D eigenvalue weighted by molar-refractivity contribution is -0.132. The van der Waals surface area contributed by atoms with Crippen molar-refractivity contribution in [2.24, 2.45) is 11.8 Å². The van der Waals surface area contributed by atoms with Crippen molar-refractivity contribution in [3.05, 3.63) is 12.2 Å². The number of carbonyl (C=O) groups excluding carboxylic acids is 2. The van der Waals surface area contributed by atoms with Crippen LogP contribution in [0.4, 0.5) is 0 Å². The molecule has 3 rings (SSSR count). The molecule has 0 aromatic rings. The Morgan fingerprint density at radius 2 is 1.57 bits per heavy atom. The summed E-state index contributed by atoms with van der Waals surface area (Å²) >= 11 is 0. The van der Waals surface area contributed by atoms with Crippen molar-refractivity contribution in [1.29, 1.82) is 0 Å². The molecule has 0 radical (unpaired) electrons. The maximum absolute atomic E-state index is 11.6. The number of amides is 2. The maximum atomic E-state index is 11.6. The molecule has 2 saturated heterocycles. The Morgan fingerprint density at radius 1 is 1.14 bits per heavy atom. The molecular formula is C10H11NO3. The van der Waals surface area contributed by atoms with Crippen molar-refractivity contribution in [2.75, 3.05) is 0 Å². The smallest absolute Gasteiger partial charge is 0.233 e. The van der Waals surface area contributed by atoms with Crippen LogP contribution in [0, 0.1) is 11.8 Å². The summed E-state index contributed by atoms with van der Waals surface area (Å²) in [4.78, 5) is 23.1. The second-order valence-electron chi connectivity index (χ2n) is 4.61. The molecule has 4 nitrogen and oxygen atoms in total. The van der Waals surface area contributed by atoms with Crippen molar-refractivity contribution in [1.82, 2.24) is 5.32 Å². The largest absolute Gasteiger partial charge is 0.359 e. The number of nitrogens with one attached hydrogen (secondary N) is 1. The summed E-state index contributed by atoms with van der Waals surface area (Å²) < 4.78 is 5.76. The maximum Gasteiger partial charge on any atom is 0.233 e. The molecule has 0 unspecified atom stereocenters. The van der Waals surface area contributed by atoms with E-state index in [0.717, 1.165) is 0 Å². The molecule has 4 atom stereocenters. The van der Waals surface area contributed by atoms with Gasteiger partial charge in [0.2, 0.25) is 11.8 Å². The van der Waals surface area contributed by atoms with Gasteiger partial charge in [-0.15, -0.1) is 0 Å². The number of imide groups is 1. The number of fused-ring (bicyclic) bond motifs is 5. The normalized spacial score (nSPS) is 53.9. The molecule has 14 heavy (non-hydrogen) atoms. The highest BCUT2D eigenvalue weighted by molar-refractivity contribution is 6.07. The summed E-state index contributed by atoms with van der Waals surface area (Å²) in [7, 11) is 0. The molecule has 2 amide bonds. The number of rotatable bonds is 0. The Hall–Kier alpha value is -1.16. The van der Waals surface area contributed by atoms with Gasteiger partial charge in [-0.1, -0.05) is 12.2 Å². The first kappa shape index (κ1) is 8.17. The van der Waals surface area contributed by atoms with Gasteiger partial charge in [0.25, 0.3) is 0 Å². The molecule has 0 saturated carbocycles. The predicted octanol–water partition coefficient (Wildman–Crippen LogP) is -0.00740. The van der Waals surface area contributed by atoms with E-state index in [1.807, 2.05) is 26.0 Å². The molecule has 0 aromatic heterocycles. The highest BCUT2D eigenvalue weighted by Crippen LogP contribution is 2.55. The number of carbonyl (C=O) groups is 2. The van der Waals surface area contributed by atoms with Crippen molar-refractivity contribution in [2.45, 2.75) is 25.0 Å². The summed E-state index contributed by atoms with van der Waals surface area (Å²) in [6.45, 7) is 3.72. The molecule has 74 valence electrons. The monoisotopic (exact) mass is 193 g/mol. The SMILES string of the molecule is C[C@]12C=C[C@@](C)(O1)[C@@H]1C(=O)NC(=O)[C@H]12. The van der Waals surface area contributed by atoms with Gasteiger partial charge in [0.15, 0.2) is 0 Å². The second-order valence-corrected chi connectivity index (χ2v) is 4.61. The lowest BCUT2D eigenvalue weighted by Crippen LogP contribution is -2.36. The number of hydrogen-bond acceptors (Lipinski definition) is 3. The Labute approximate surface area is 81.3 Å². The zero-order chi connectivity index (χ0) is 10.1. The summed E-state index contributed by atoms with van der Waals surface area (Å²) in [5.74, 6) is -1.08. The van der Waals surface area contributed by atoms with E-state index in [1.165, 1.54) is 0 Å². The Kier molecular flexibility index (Phi) is 1.13. The van der Waals surface area contributed by atoms with Gasteiger partial charge in [-0.05, 0) is 13.8 Å². The van der Waals surface area contributed by atoms with E-state index in [9.17, 15) is 9.59 Å². The van der Waals surface area contributed by atoms with Gasteiger partial charge in [-0.3, -0.25) is 14.9 Å². The van der Waals surface area contributed by atoms with Crippen LogP contribution in [0.1, 0.15) is 13.8 Å². The fraction of sp³-hybridized carbons (Fsp3) is 0.600. The van der Waals surface area contributed by atoms with E-state index in [-0.39, 0.29) is 23.7 Å². The van der Waals surface area contributed by atoms with E-state index in [2.05, 4.69) is 5.32 Å². The van der Waals surface area contributed by atoms with Gasteiger partial charge in [0.1, 0.15) is 0 Å². The number of ether oxygens (including phenoxy) is 1. The molecule has 2 bridgehead atoms. The van der Waals surface area contributed by atoms with Gasteiger partial charge >= 0.3 is 0 Å². The third-order valence-corrected chi connectivity index (χ3v) is 3.56. The van der Waals surface area contributed by atoms with Gasteiger partial charge in [0, 0.05) is 0 Å². The fourth-order valence-electron chi connectivity index (χ4n) is 2.97. The van der Waals surface area contributed by atoms with Crippen LogP contribution in [0.2, 0.25) is 0 Å². The summed E-state index contributed by atoms with van der Waals surface area (Å²) in [5, 5.41) is 2.37. The molecular weight excluding hydrogens is 182 g/mol. The highest BCUT2D eigenvalue weighted by atomic mass is 16.5. The third-order valence-electron chi connectivity index (χ3n) is 3.56. The van der Waals surface area contributed by atoms with E-state index in [4.69, 9.17) is 4.74 Å². The molecule has 3 aliphatic heterocycles. The van der Waals surface area contributed by atoms with Crippen LogP contribution in [0.15, 0.2) is 12.2 Å². The minimum Gasteiger partial charge on any atom is -0.359 e. The molecule has 2 fully saturated rings. The van der Waals surface area contributed by atoms with Crippen LogP contribution >= 0.6 is 0 Å². The Morgan fingerprint density at radius 3 is 2.00 bits per heavy atom. The van der Waals surface area contributed by atoms with Crippen LogP contribution in [-0.2, 0) is 14.3 Å². The van der Waals surface area contributed by atoms with Gasteiger partial charge in [0.05, 0.1) is 23.0 Å². The first-order chi connectivity index (χ1) is 6.46. The topological polar surface area (TPSA) is 55.4 Å². The van der Waals surface area contributed by atoms with Gasteiger partial charge in [-0.2, -0.15) is 0 Å². The quantitative estimate of drug-likeness (QED) is 0.435. The fourth-order valence-corrected chi connectivity index (χ4v) is 2.97. The van der Waals surface area contributed by atoms with Crippen LogP contribution in [-0.4, -0.2) is 23.0 Å². The minimum atomic E-state index is -0.588. The van der Waals surface area contributed by atoms with E-state index in [1.54, 1.807) is 0 Å². The average molecular weight is 193 g/mol. The van der Waals surface area contributed by atoms with E-state index < -0.39 is 11.2 Å². The molecule has 4 heteroatoms. The molecule has 3 heterocycles. The zero-order valence-corrected chi connectivity index (χ0v) is 8.03. The average Bonchev–Trinajstić information content (AvgIpc) is 2.60. The van der Waals surface area contributed by atoms with Crippen LogP contribution < -0.4 is 5.32 Å².